The van der Waals surface area contributed by atoms with Crippen molar-refractivity contribution >= 4 is 60.7 Å². The fourth-order valence-electron chi connectivity index (χ4n) is 1.32. The first kappa shape index (κ1) is 15.6. The largest absolute Gasteiger partial charge is 0.392 e. The van der Waals surface area contributed by atoms with E-state index >= 15 is 0 Å². The van der Waals surface area contributed by atoms with E-state index in [9.17, 15) is 4.79 Å². The molecular formula is C12H14Br2N2OS. The minimum Gasteiger partial charge on any atom is -0.392 e. The second kappa shape index (κ2) is 6.12. The van der Waals surface area contributed by atoms with Crippen LogP contribution in [0.4, 0.5) is 5.69 Å². The van der Waals surface area contributed by atoms with E-state index in [1.54, 1.807) is 6.92 Å². The van der Waals surface area contributed by atoms with Crippen molar-refractivity contribution in [2.45, 2.75) is 20.3 Å². The van der Waals surface area contributed by atoms with Gasteiger partial charge >= 0.3 is 0 Å². The van der Waals surface area contributed by atoms with Crippen LogP contribution in [0.5, 0.6) is 0 Å². The third kappa shape index (κ3) is 3.10. The van der Waals surface area contributed by atoms with Gasteiger partial charge in [-0.1, -0.05) is 25.2 Å². The number of carbonyl (C=O) groups excluding carboxylic acids is 1. The van der Waals surface area contributed by atoms with Gasteiger partial charge in [-0.15, -0.1) is 0 Å². The van der Waals surface area contributed by atoms with Gasteiger partial charge in [0.15, 0.2) is 0 Å². The maximum absolute atomic E-state index is 12.3. The highest BCUT2D eigenvalue weighted by molar-refractivity contribution is 9.11. The van der Waals surface area contributed by atoms with Crippen molar-refractivity contribution < 1.29 is 4.79 Å². The van der Waals surface area contributed by atoms with Gasteiger partial charge in [0, 0.05) is 8.95 Å². The molecule has 18 heavy (non-hydrogen) atoms. The minimum atomic E-state index is -0.843. The normalized spacial score (nSPS) is 13.8. The predicted octanol–water partition coefficient (Wildman–Crippen LogP) is 3.85. The van der Waals surface area contributed by atoms with Crippen LogP contribution in [0.25, 0.3) is 0 Å². The fourth-order valence-corrected chi connectivity index (χ4v) is 2.75. The molecule has 3 nitrogen and oxygen atoms in total. The number of amides is 1. The van der Waals surface area contributed by atoms with E-state index in [0.717, 1.165) is 8.95 Å². The number of anilines is 1. The molecule has 0 radical (unpaired) electrons. The molecule has 0 aliphatic carbocycles. The van der Waals surface area contributed by atoms with Crippen LogP contribution in [-0.2, 0) is 4.79 Å². The molecule has 1 atom stereocenters. The van der Waals surface area contributed by atoms with E-state index in [-0.39, 0.29) is 10.9 Å². The SMILES string of the molecule is CCC(C)(C(=O)Nc1c(Br)cccc1Br)C(N)=S. The molecule has 0 spiro atoms. The van der Waals surface area contributed by atoms with Gasteiger partial charge in [0.2, 0.25) is 5.91 Å². The molecule has 1 rings (SSSR count). The Bertz CT molecular complexity index is 473. The molecule has 0 aromatic heterocycles. The van der Waals surface area contributed by atoms with Crippen molar-refractivity contribution in [3.63, 3.8) is 0 Å². The Hall–Kier alpha value is -0.460. The molecule has 0 aliphatic heterocycles. The van der Waals surface area contributed by atoms with Crippen LogP contribution in [-0.4, -0.2) is 10.9 Å². The lowest BCUT2D eigenvalue weighted by Gasteiger charge is -2.26. The van der Waals surface area contributed by atoms with Crippen molar-refractivity contribution in [1.29, 1.82) is 0 Å². The van der Waals surface area contributed by atoms with E-state index in [2.05, 4.69) is 37.2 Å². The van der Waals surface area contributed by atoms with E-state index in [0.29, 0.717) is 12.1 Å². The third-order valence-corrected chi connectivity index (χ3v) is 4.73. The number of para-hydroxylation sites is 1. The molecule has 0 aliphatic rings. The molecule has 0 saturated heterocycles. The number of hydrogen-bond donors (Lipinski definition) is 2. The summed E-state index contributed by atoms with van der Waals surface area (Å²) in [6.07, 6.45) is 0.552. The maximum Gasteiger partial charge on any atom is 0.237 e. The quantitative estimate of drug-likeness (QED) is 0.763. The summed E-state index contributed by atoms with van der Waals surface area (Å²) in [6.45, 7) is 3.63. The lowest BCUT2D eigenvalue weighted by Crippen LogP contribution is -2.43. The Kier molecular flexibility index (Phi) is 5.31. The summed E-state index contributed by atoms with van der Waals surface area (Å²) in [7, 11) is 0. The Morgan fingerprint density at radius 2 is 1.94 bits per heavy atom. The summed E-state index contributed by atoms with van der Waals surface area (Å²) < 4.78 is 1.60. The molecule has 0 fully saturated rings. The third-order valence-electron chi connectivity index (χ3n) is 2.95. The zero-order chi connectivity index (χ0) is 13.9. The highest BCUT2D eigenvalue weighted by Gasteiger charge is 2.35. The monoisotopic (exact) mass is 392 g/mol. The average molecular weight is 394 g/mol. The number of nitrogens with two attached hydrogens (primary N) is 1. The summed E-state index contributed by atoms with van der Waals surface area (Å²) >= 11 is 11.8. The smallest absolute Gasteiger partial charge is 0.237 e. The van der Waals surface area contributed by atoms with Gasteiger partial charge in [-0.05, 0) is 57.3 Å². The first-order chi connectivity index (χ1) is 8.32. The number of nitrogens with one attached hydrogen (secondary N) is 1. The highest BCUT2D eigenvalue weighted by atomic mass is 79.9. The zero-order valence-electron chi connectivity index (χ0n) is 10.1. The van der Waals surface area contributed by atoms with Crippen molar-refractivity contribution in [2.75, 3.05) is 5.32 Å². The number of carbonyl (C=O) groups is 1. The number of benzene rings is 1. The molecule has 6 heteroatoms. The van der Waals surface area contributed by atoms with Crippen molar-refractivity contribution in [2.24, 2.45) is 11.1 Å². The minimum absolute atomic E-state index is 0.200. The first-order valence-corrected chi connectivity index (χ1v) is 7.37. The lowest BCUT2D eigenvalue weighted by atomic mass is 9.86. The molecule has 0 saturated carbocycles. The molecule has 1 unspecified atom stereocenters. The second-order valence-corrected chi connectivity index (χ2v) is 6.25. The first-order valence-electron chi connectivity index (χ1n) is 5.38. The standard InChI is InChI=1S/C12H14Br2N2OS/c1-3-12(2,10(15)18)11(17)16-9-7(13)5-4-6-8(9)14/h4-6H,3H2,1-2H3,(H2,15,18)(H,16,17). The molecule has 0 bridgehead atoms. The molecular weight excluding hydrogens is 380 g/mol. The Morgan fingerprint density at radius 3 is 2.33 bits per heavy atom. The van der Waals surface area contributed by atoms with Gasteiger partial charge in [0.25, 0.3) is 0 Å². The predicted molar refractivity (Wildman–Crippen MR) is 85.7 cm³/mol. The van der Waals surface area contributed by atoms with Gasteiger partial charge in [-0.3, -0.25) is 4.79 Å². The van der Waals surface area contributed by atoms with Crippen molar-refractivity contribution in [3.8, 4) is 0 Å². The Balaban J connectivity index is 3.05. The van der Waals surface area contributed by atoms with E-state index in [1.165, 1.54) is 0 Å². The van der Waals surface area contributed by atoms with E-state index in [1.807, 2.05) is 25.1 Å². The van der Waals surface area contributed by atoms with Crippen LogP contribution in [0.1, 0.15) is 20.3 Å². The van der Waals surface area contributed by atoms with Gasteiger partial charge in [-0.2, -0.15) is 0 Å². The molecule has 3 N–H and O–H groups in total. The Labute approximate surface area is 129 Å². The molecule has 1 amide bonds. The van der Waals surface area contributed by atoms with Crippen LogP contribution in [0.15, 0.2) is 27.1 Å². The molecule has 1 aromatic carbocycles. The van der Waals surface area contributed by atoms with Crippen LogP contribution >= 0.6 is 44.1 Å². The van der Waals surface area contributed by atoms with Crippen LogP contribution in [0.2, 0.25) is 0 Å². The van der Waals surface area contributed by atoms with Crippen molar-refractivity contribution in [1.82, 2.24) is 0 Å². The Morgan fingerprint density at radius 1 is 1.44 bits per heavy atom. The summed E-state index contributed by atoms with van der Waals surface area (Å²) in [5, 5.41) is 2.85. The molecule has 1 aromatic rings. The summed E-state index contributed by atoms with van der Waals surface area (Å²) in [5.41, 5.74) is 5.50. The summed E-state index contributed by atoms with van der Waals surface area (Å²) in [4.78, 5) is 12.5. The zero-order valence-corrected chi connectivity index (χ0v) is 14.1. The summed E-state index contributed by atoms with van der Waals surface area (Å²) in [6, 6.07) is 5.57. The van der Waals surface area contributed by atoms with Crippen LogP contribution < -0.4 is 11.1 Å². The van der Waals surface area contributed by atoms with Gasteiger partial charge in [0.05, 0.1) is 16.1 Å². The highest BCUT2D eigenvalue weighted by Crippen LogP contribution is 2.33. The molecule has 0 heterocycles. The van der Waals surface area contributed by atoms with Crippen LogP contribution in [0.3, 0.4) is 0 Å². The average Bonchev–Trinajstić information content (AvgIpc) is 2.32. The topological polar surface area (TPSA) is 55.1 Å². The fraction of sp³-hybridized carbons (Fsp3) is 0.333. The van der Waals surface area contributed by atoms with Gasteiger partial charge < -0.3 is 11.1 Å². The number of hydrogen-bond acceptors (Lipinski definition) is 2. The number of halogens is 2. The molecule has 98 valence electrons. The number of thiocarbonyl (C=S) groups is 1. The van der Waals surface area contributed by atoms with Gasteiger partial charge in [-0.25, -0.2) is 0 Å². The summed E-state index contributed by atoms with van der Waals surface area (Å²) in [5.74, 6) is -0.204. The van der Waals surface area contributed by atoms with Crippen LogP contribution in [0, 0.1) is 5.41 Å². The van der Waals surface area contributed by atoms with Gasteiger partial charge in [0.1, 0.15) is 0 Å². The van der Waals surface area contributed by atoms with E-state index in [4.69, 9.17) is 18.0 Å². The number of rotatable bonds is 4. The van der Waals surface area contributed by atoms with E-state index < -0.39 is 5.41 Å². The maximum atomic E-state index is 12.3. The second-order valence-electron chi connectivity index (χ2n) is 4.10. The lowest BCUT2D eigenvalue weighted by molar-refractivity contribution is -0.121. The van der Waals surface area contributed by atoms with Crippen molar-refractivity contribution in [3.05, 3.63) is 27.1 Å².